The van der Waals surface area contributed by atoms with Gasteiger partial charge in [0, 0.05) is 30.4 Å². The summed E-state index contributed by atoms with van der Waals surface area (Å²) in [5.74, 6) is -0.235. The smallest absolute Gasteiger partial charge is 0.123 e. The summed E-state index contributed by atoms with van der Waals surface area (Å²) in [5.41, 5.74) is 10.1. The predicted molar refractivity (Wildman–Crippen MR) is 106 cm³/mol. The molecule has 1 aliphatic heterocycles. The van der Waals surface area contributed by atoms with E-state index in [2.05, 4.69) is 18.0 Å². The maximum absolute atomic E-state index is 13.4. The Kier molecular flexibility index (Phi) is 4.81. The van der Waals surface area contributed by atoms with Crippen molar-refractivity contribution in [2.75, 3.05) is 19.6 Å². The van der Waals surface area contributed by atoms with Crippen LogP contribution in [0.3, 0.4) is 0 Å². The number of nitrogens with two attached hydrogens (primary N) is 1. The molecule has 1 saturated heterocycles. The molecule has 1 aliphatic rings. The Labute approximate surface area is 159 Å². The fourth-order valence-corrected chi connectivity index (χ4v) is 3.76. The molecule has 1 unspecified atom stereocenters. The van der Waals surface area contributed by atoms with Crippen molar-refractivity contribution >= 4 is 0 Å². The summed E-state index contributed by atoms with van der Waals surface area (Å²) in [6.07, 6.45) is 3.20. The van der Waals surface area contributed by atoms with Crippen LogP contribution in [0.2, 0.25) is 0 Å². The van der Waals surface area contributed by atoms with Gasteiger partial charge in [-0.05, 0) is 61.3 Å². The molecule has 0 spiro atoms. The summed E-state index contributed by atoms with van der Waals surface area (Å²) < 4.78 is 15.3. The second-order valence-corrected chi connectivity index (χ2v) is 7.77. The summed E-state index contributed by atoms with van der Waals surface area (Å²) in [6, 6.07) is 16.6. The predicted octanol–water partition coefficient (Wildman–Crippen LogP) is 3.85. The number of rotatable bonds is 5. The van der Waals surface area contributed by atoms with Crippen molar-refractivity contribution in [3.05, 3.63) is 72.2 Å². The lowest BCUT2D eigenvalue weighted by molar-refractivity contribution is 0.274. The highest BCUT2D eigenvalue weighted by Gasteiger charge is 2.32. The minimum Gasteiger partial charge on any atom is -0.330 e. The van der Waals surface area contributed by atoms with Crippen LogP contribution in [0.25, 0.3) is 16.9 Å². The zero-order valence-electron chi connectivity index (χ0n) is 15.6. The molecule has 4 nitrogen and oxygen atoms in total. The zero-order valence-corrected chi connectivity index (χ0v) is 15.6. The van der Waals surface area contributed by atoms with E-state index >= 15 is 0 Å². The molecular weight excluding hydrogens is 339 g/mol. The van der Waals surface area contributed by atoms with Gasteiger partial charge >= 0.3 is 0 Å². The van der Waals surface area contributed by atoms with Crippen molar-refractivity contribution in [3.8, 4) is 16.9 Å². The second kappa shape index (κ2) is 7.25. The molecular formula is C22H25FN4. The van der Waals surface area contributed by atoms with E-state index in [1.165, 1.54) is 12.1 Å². The van der Waals surface area contributed by atoms with Crippen molar-refractivity contribution in [2.45, 2.75) is 19.9 Å². The Morgan fingerprint density at radius 2 is 1.85 bits per heavy atom. The van der Waals surface area contributed by atoms with E-state index in [-0.39, 0.29) is 11.2 Å². The lowest BCUT2D eigenvalue weighted by Gasteiger charge is -2.22. The Morgan fingerprint density at radius 1 is 1.11 bits per heavy atom. The number of nitrogens with zero attached hydrogens (tertiary/aromatic N) is 3. The molecule has 5 heteroatoms. The number of aromatic nitrogens is 2. The fraction of sp³-hybridized carbons (Fsp3) is 0.318. The minimum atomic E-state index is -0.235. The molecule has 3 aromatic rings. The first kappa shape index (κ1) is 17.9. The average molecular weight is 364 g/mol. The van der Waals surface area contributed by atoms with Gasteiger partial charge in [-0.15, -0.1) is 0 Å². The molecule has 0 amide bonds. The Hall–Kier alpha value is -2.50. The van der Waals surface area contributed by atoms with Gasteiger partial charge in [0.1, 0.15) is 5.82 Å². The SMILES string of the molecule is CC1(CN)CCN(Cc2cn(-c3ccccc3)nc2-c2ccc(F)cc2)C1. The first-order chi connectivity index (χ1) is 13.1. The van der Waals surface area contributed by atoms with Gasteiger partial charge in [-0.2, -0.15) is 5.10 Å². The standard InChI is InChI=1S/C22H25FN4/c1-22(15-24)11-12-26(16-22)13-18-14-27(20-5-3-2-4-6-20)25-21(18)17-7-9-19(23)10-8-17/h2-10,14H,11-13,15-16,24H2,1H3. The lowest BCUT2D eigenvalue weighted by Crippen LogP contribution is -2.31. The molecule has 1 aromatic heterocycles. The molecule has 2 heterocycles. The van der Waals surface area contributed by atoms with E-state index in [0.717, 1.165) is 48.6 Å². The highest BCUT2D eigenvalue weighted by atomic mass is 19.1. The van der Waals surface area contributed by atoms with Crippen molar-refractivity contribution in [3.63, 3.8) is 0 Å². The highest BCUT2D eigenvalue weighted by molar-refractivity contribution is 5.63. The molecule has 0 radical (unpaired) electrons. The molecule has 27 heavy (non-hydrogen) atoms. The zero-order chi connectivity index (χ0) is 18.9. The van der Waals surface area contributed by atoms with Crippen molar-refractivity contribution in [2.24, 2.45) is 11.1 Å². The van der Waals surface area contributed by atoms with Crippen molar-refractivity contribution in [1.82, 2.24) is 14.7 Å². The van der Waals surface area contributed by atoms with E-state index in [1.807, 2.05) is 35.0 Å². The van der Waals surface area contributed by atoms with E-state index < -0.39 is 0 Å². The highest BCUT2D eigenvalue weighted by Crippen LogP contribution is 2.32. The Balaban J connectivity index is 1.68. The molecule has 1 atom stereocenters. The number of benzene rings is 2. The third-order valence-corrected chi connectivity index (χ3v) is 5.45. The Morgan fingerprint density at radius 3 is 2.52 bits per heavy atom. The van der Waals surface area contributed by atoms with E-state index in [0.29, 0.717) is 6.54 Å². The van der Waals surface area contributed by atoms with Crippen LogP contribution < -0.4 is 5.73 Å². The maximum Gasteiger partial charge on any atom is 0.123 e. The van der Waals surface area contributed by atoms with E-state index in [4.69, 9.17) is 10.8 Å². The minimum absolute atomic E-state index is 0.186. The second-order valence-electron chi connectivity index (χ2n) is 7.77. The molecule has 0 aliphatic carbocycles. The van der Waals surface area contributed by atoms with Crippen LogP contribution >= 0.6 is 0 Å². The number of likely N-dealkylation sites (tertiary alicyclic amines) is 1. The van der Waals surface area contributed by atoms with Gasteiger partial charge in [0.2, 0.25) is 0 Å². The average Bonchev–Trinajstić information content (AvgIpc) is 3.28. The summed E-state index contributed by atoms with van der Waals surface area (Å²) in [6.45, 7) is 5.80. The molecule has 1 fully saturated rings. The van der Waals surface area contributed by atoms with Gasteiger partial charge in [-0.25, -0.2) is 9.07 Å². The van der Waals surface area contributed by atoms with Crippen LogP contribution in [0.5, 0.6) is 0 Å². The molecule has 2 N–H and O–H groups in total. The quantitative estimate of drug-likeness (QED) is 0.748. The largest absolute Gasteiger partial charge is 0.330 e. The summed E-state index contributed by atoms with van der Waals surface area (Å²) >= 11 is 0. The number of hydrogen-bond donors (Lipinski definition) is 1. The molecule has 140 valence electrons. The molecule has 2 aromatic carbocycles. The van der Waals surface area contributed by atoms with Gasteiger partial charge in [-0.1, -0.05) is 25.1 Å². The molecule has 0 bridgehead atoms. The Bertz CT molecular complexity index is 904. The van der Waals surface area contributed by atoms with Gasteiger partial charge in [0.05, 0.1) is 11.4 Å². The van der Waals surface area contributed by atoms with Crippen LogP contribution in [-0.4, -0.2) is 34.3 Å². The van der Waals surface area contributed by atoms with Crippen LogP contribution in [0.15, 0.2) is 60.8 Å². The van der Waals surface area contributed by atoms with Gasteiger partial charge in [0.25, 0.3) is 0 Å². The van der Waals surface area contributed by atoms with E-state index in [9.17, 15) is 4.39 Å². The van der Waals surface area contributed by atoms with Crippen LogP contribution in [0.4, 0.5) is 4.39 Å². The van der Waals surface area contributed by atoms with Crippen LogP contribution in [0, 0.1) is 11.2 Å². The van der Waals surface area contributed by atoms with Crippen LogP contribution in [-0.2, 0) is 6.54 Å². The summed E-state index contributed by atoms with van der Waals surface area (Å²) in [7, 11) is 0. The number of para-hydroxylation sites is 1. The topological polar surface area (TPSA) is 47.1 Å². The van der Waals surface area contributed by atoms with Gasteiger partial charge in [0.15, 0.2) is 0 Å². The van der Waals surface area contributed by atoms with Crippen LogP contribution in [0.1, 0.15) is 18.9 Å². The van der Waals surface area contributed by atoms with Crippen molar-refractivity contribution in [1.29, 1.82) is 0 Å². The first-order valence-corrected chi connectivity index (χ1v) is 9.39. The van der Waals surface area contributed by atoms with E-state index in [1.54, 1.807) is 12.1 Å². The first-order valence-electron chi connectivity index (χ1n) is 9.39. The number of halogens is 1. The normalized spacial score (nSPS) is 20.3. The lowest BCUT2D eigenvalue weighted by atomic mass is 9.90. The maximum atomic E-state index is 13.4. The summed E-state index contributed by atoms with van der Waals surface area (Å²) in [5, 5.41) is 4.82. The number of hydrogen-bond acceptors (Lipinski definition) is 3. The summed E-state index contributed by atoms with van der Waals surface area (Å²) in [4.78, 5) is 2.44. The van der Waals surface area contributed by atoms with Gasteiger partial charge in [-0.3, -0.25) is 4.90 Å². The molecule has 0 saturated carbocycles. The van der Waals surface area contributed by atoms with Crippen molar-refractivity contribution < 1.29 is 4.39 Å². The fourth-order valence-electron chi connectivity index (χ4n) is 3.76. The molecule has 4 rings (SSSR count). The van der Waals surface area contributed by atoms with Gasteiger partial charge < -0.3 is 5.73 Å². The third-order valence-electron chi connectivity index (χ3n) is 5.45. The monoisotopic (exact) mass is 364 g/mol. The third kappa shape index (κ3) is 3.80.